The minimum Gasteiger partial charge on any atom is -0.495 e. The number of ether oxygens (including phenoxy) is 1. The average Bonchev–Trinajstić information content (AvgIpc) is 2.47. The first-order chi connectivity index (χ1) is 9.97. The molecule has 1 heterocycles. The van der Waals surface area contributed by atoms with E-state index in [4.69, 9.17) is 21.4 Å². The second-order valence-corrected chi connectivity index (χ2v) is 4.66. The molecule has 0 fully saturated rings. The molecule has 0 unspecified atom stereocenters. The van der Waals surface area contributed by atoms with Gasteiger partial charge in [-0.25, -0.2) is 9.48 Å². The second kappa shape index (κ2) is 5.97. The molecule has 0 saturated heterocycles. The fraction of sp³-hybridized carbons (Fsp3) is 0.214. The van der Waals surface area contributed by atoms with Gasteiger partial charge >= 0.3 is 5.97 Å². The van der Waals surface area contributed by atoms with Crippen molar-refractivity contribution in [1.82, 2.24) is 9.78 Å². The van der Waals surface area contributed by atoms with Gasteiger partial charge in [0, 0.05) is 17.8 Å². The number of aromatic nitrogens is 2. The summed E-state index contributed by atoms with van der Waals surface area (Å²) in [5, 5.41) is 13.4. The maximum atomic E-state index is 11.9. The van der Waals surface area contributed by atoms with E-state index in [-0.39, 0.29) is 0 Å². The Morgan fingerprint density at radius 1 is 1.48 bits per heavy atom. The van der Waals surface area contributed by atoms with E-state index in [9.17, 15) is 9.59 Å². The number of carboxylic acid groups (broad SMARTS) is 1. The minimum absolute atomic E-state index is 0.372. The van der Waals surface area contributed by atoms with Crippen LogP contribution in [0.25, 0.3) is 5.69 Å². The number of hydrogen-bond donors (Lipinski definition) is 1. The van der Waals surface area contributed by atoms with Crippen molar-refractivity contribution in [1.29, 1.82) is 0 Å². The van der Waals surface area contributed by atoms with E-state index in [1.165, 1.54) is 18.0 Å². The fourth-order valence-corrected chi connectivity index (χ4v) is 2.05. The molecule has 0 spiro atoms. The molecule has 1 aromatic carbocycles. The quantitative estimate of drug-likeness (QED) is 0.936. The summed E-state index contributed by atoms with van der Waals surface area (Å²) in [6.07, 6.45) is 1.92. The maximum Gasteiger partial charge on any atom is 0.360 e. The van der Waals surface area contributed by atoms with Gasteiger partial charge in [-0.2, -0.15) is 5.10 Å². The van der Waals surface area contributed by atoms with E-state index in [2.05, 4.69) is 5.10 Å². The zero-order valence-corrected chi connectivity index (χ0v) is 12.2. The van der Waals surface area contributed by atoms with Gasteiger partial charge in [-0.1, -0.05) is 18.5 Å². The summed E-state index contributed by atoms with van der Waals surface area (Å²) >= 11 is 5.95. The smallest absolute Gasteiger partial charge is 0.360 e. The molecule has 110 valence electrons. The first-order valence-electron chi connectivity index (χ1n) is 6.18. The number of carbonyl (C=O) groups is 1. The molecule has 0 bridgehead atoms. The Labute approximate surface area is 125 Å². The highest BCUT2D eigenvalue weighted by molar-refractivity contribution is 6.32. The standard InChI is InChI=1S/C14H13ClN2O4/c1-3-8-7-17(16-12(13(8)18)14(19)20)9-4-5-10(15)11(6-9)21-2/h4-7H,3H2,1-2H3,(H,19,20). The number of nitrogens with zero attached hydrogens (tertiary/aromatic N) is 2. The van der Waals surface area contributed by atoms with E-state index < -0.39 is 17.1 Å². The fourth-order valence-electron chi connectivity index (χ4n) is 1.86. The number of hydrogen-bond acceptors (Lipinski definition) is 4. The molecule has 0 amide bonds. The van der Waals surface area contributed by atoms with E-state index in [1.807, 2.05) is 0 Å². The molecule has 0 aliphatic rings. The van der Waals surface area contributed by atoms with Crippen LogP contribution in [0.1, 0.15) is 23.0 Å². The highest BCUT2D eigenvalue weighted by Crippen LogP contribution is 2.26. The van der Waals surface area contributed by atoms with E-state index in [0.29, 0.717) is 28.4 Å². The number of aromatic carboxylic acids is 1. The lowest BCUT2D eigenvalue weighted by atomic mass is 10.2. The number of carboxylic acids is 1. The van der Waals surface area contributed by atoms with E-state index in [0.717, 1.165) is 0 Å². The normalized spacial score (nSPS) is 10.4. The highest BCUT2D eigenvalue weighted by atomic mass is 35.5. The number of benzene rings is 1. The lowest BCUT2D eigenvalue weighted by molar-refractivity contribution is 0.0686. The van der Waals surface area contributed by atoms with Crippen LogP contribution < -0.4 is 10.2 Å². The molecule has 2 rings (SSSR count). The Hall–Kier alpha value is -2.34. The van der Waals surface area contributed by atoms with Gasteiger partial charge in [-0.05, 0) is 18.6 Å². The van der Waals surface area contributed by atoms with Gasteiger partial charge < -0.3 is 9.84 Å². The third-order valence-electron chi connectivity index (χ3n) is 2.98. The molecule has 7 heteroatoms. The van der Waals surface area contributed by atoms with Gasteiger partial charge in [0.2, 0.25) is 11.1 Å². The van der Waals surface area contributed by atoms with Crippen molar-refractivity contribution < 1.29 is 14.6 Å². The van der Waals surface area contributed by atoms with Crippen molar-refractivity contribution in [3.63, 3.8) is 0 Å². The van der Waals surface area contributed by atoms with Gasteiger partial charge in [0.1, 0.15) is 5.75 Å². The molecule has 0 atom stereocenters. The molecular weight excluding hydrogens is 296 g/mol. The molecule has 1 aromatic heterocycles. The maximum absolute atomic E-state index is 11.9. The first-order valence-corrected chi connectivity index (χ1v) is 6.55. The van der Waals surface area contributed by atoms with Crippen LogP contribution >= 0.6 is 11.6 Å². The van der Waals surface area contributed by atoms with Crippen LogP contribution in [0.3, 0.4) is 0 Å². The molecule has 6 nitrogen and oxygen atoms in total. The van der Waals surface area contributed by atoms with Crippen LogP contribution in [-0.2, 0) is 6.42 Å². The molecule has 0 aliphatic carbocycles. The van der Waals surface area contributed by atoms with Crippen LogP contribution in [-0.4, -0.2) is 28.0 Å². The molecule has 1 N–H and O–H groups in total. The minimum atomic E-state index is -1.36. The average molecular weight is 309 g/mol. The Balaban J connectivity index is 2.66. The predicted molar refractivity (Wildman–Crippen MR) is 77.7 cm³/mol. The summed E-state index contributed by atoms with van der Waals surface area (Å²) in [7, 11) is 1.48. The molecule has 0 aliphatic heterocycles. The van der Waals surface area contributed by atoms with Crippen molar-refractivity contribution in [2.24, 2.45) is 0 Å². The van der Waals surface area contributed by atoms with Gasteiger partial charge in [-0.15, -0.1) is 0 Å². The number of aryl methyl sites for hydroxylation is 1. The third kappa shape index (κ3) is 2.90. The summed E-state index contributed by atoms with van der Waals surface area (Å²) in [6.45, 7) is 1.77. The Bertz CT molecular complexity index is 755. The molecular formula is C14H13ClN2O4. The number of methoxy groups -OCH3 is 1. The van der Waals surface area contributed by atoms with Crippen molar-refractivity contribution in [2.75, 3.05) is 7.11 Å². The van der Waals surface area contributed by atoms with Gasteiger partial charge in [0.15, 0.2) is 0 Å². The monoisotopic (exact) mass is 308 g/mol. The predicted octanol–water partition coefficient (Wildman–Crippen LogP) is 2.16. The van der Waals surface area contributed by atoms with Crippen molar-refractivity contribution >= 4 is 17.6 Å². The topological polar surface area (TPSA) is 81.4 Å². The first kappa shape index (κ1) is 15.1. The summed E-state index contributed by atoms with van der Waals surface area (Å²) in [6, 6.07) is 4.89. The Kier molecular flexibility index (Phi) is 4.28. The zero-order valence-electron chi connectivity index (χ0n) is 11.5. The van der Waals surface area contributed by atoms with Crippen LogP contribution in [0.2, 0.25) is 5.02 Å². The molecule has 2 aromatic rings. The van der Waals surface area contributed by atoms with Gasteiger partial charge in [0.25, 0.3) is 0 Å². The van der Waals surface area contributed by atoms with Crippen LogP contribution in [0.4, 0.5) is 0 Å². The molecule has 0 saturated carbocycles. The molecule has 21 heavy (non-hydrogen) atoms. The molecule has 0 radical (unpaired) electrons. The summed E-state index contributed by atoms with van der Waals surface area (Å²) in [5.41, 5.74) is -0.157. The summed E-state index contributed by atoms with van der Waals surface area (Å²) in [5.74, 6) is -0.922. The van der Waals surface area contributed by atoms with Crippen LogP contribution in [0, 0.1) is 0 Å². The lowest BCUT2D eigenvalue weighted by Crippen LogP contribution is -2.24. The number of rotatable bonds is 4. The van der Waals surface area contributed by atoms with Crippen LogP contribution in [0.15, 0.2) is 29.2 Å². The van der Waals surface area contributed by atoms with Crippen molar-refractivity contribution in [3.8, 4) is 11.4 Å². The second-order valence-electron chi connectivity index (χ2n) is 4.25. The van der Waals surface area contributed by atoms with Crippen molar-refractivity contribution in [2.45, 2.75) is 13.3 Å². The van der Waals surface area contributed by atoms with Gasteiger partial charge in [0.05, 0.1) is 17.8 Å². The van der Waals surface area contributed by atoms with Crippen LogP contribution in [0.5, 0.6) is 5.75 Å². The summed E-state index contributed by atoms with van der Waals surface area (Å²) < 4.78 is 6.45. The largest absolute Gasteiger partial charge is 0.495 e. The zero-order chi connectivity index (χ0) is 15.6. The third-order valence-corrected chi connectivity index (χ3v) is 3.29. The van der Waals surface area contributed by atoms with Gasteiger partial charge in [-0.3, -0.25) is 4.79 Å². The van der Waals surface area contributed by atoms with E-state index in [1.54, 1.807) is 25.1 Å². The number of halogens is 1. The SMILES string of the molecule is CCc1cn(-c2ccc(Cl)c(OC)c2)nc(C(=O)O)c1=O. The highest BCUT2D eigenvalue weighted by Gasteiger charge is 2.16. The van der Waals surface area contributed by atoms with Crippen molar-refractivity contribution in [3.05, 3.63) is 50.9 Å². The Morgan fingerprint density at radius 3 is 2.76 bits per heavy atom. The lowest BCUT2D eigenvalue weighted by Gasteiger charge is -2.10. The van der Waals surface area contributed by atoms with E-state index >= 15 is 0 Å². The summed E-state index contributed by atoms with van der Waals surface area (Å²) in [4.78, 5) is 23.0. The Morgan fingerprint density at radius 2 is 2.19 bits per heavy atom.